The van der Waals surface area contributed by atoms with Crippen LogP contribution in [0.2, 0.25) is 0 Å². The van der Waals surface area contributed by atoms with E-state index in [1.165, 1.54) is 411 Å². The minimum absolute atomic E-state index is 0.227. The van der Waals surface area contributed by atoms with Crippen molar-refractivity contribution in [3.05, 3.63) is 12.2 Å². The van der Waals surface area contributed by atoms with E-state index in [9.17, 15) is 45.6 Å². The standard InChI is InChI=1S/C92H179NO13/c1-3-5-7-9-11-13-15-17-19-21-23-25-27-29-31-33-35-36-37-38-39-40-41-42-43-44-46-48-50-52-54-56-58-60-62-64-66-68-70-72-74-76-84(97)93-80(79-103-91-89(102)87(100)90(83(78-95)105-91)106-92-88(101)86(99)85(98)82(77-94)104-92)81(96)75-73-71-69-67-65-63-61-59-57-55-53-51-49-47-45-34-32-30-28-26-24-22-20-18-16-14-12-10-8-6-4-2/h73,75,80-83,85-92,94-96,98-102H,3-72,74,76-79H2,1-2H3,(H,93,97)/b75-73+. The molecule has 0 aromatic carbocycles. The van der Waals surface area contributed by atoms with Crippen molar-refractivity contribution in [1.29, 1.82) is 0 Å². The van der Waals surface area contributed by atoms with E-state index in [2.05, 4.69) is 19.2 Å². The van der Waals surface area contributed by atoms with Gasteiger partial charge in [0.1, 0.15) is 48.8 Å². The van der Waals surface area contributed by atoms with Gasteiger partial charge in [-0.15, -0.1) is 0 Å². The van der Waals surface area contributed by atoms with Crippen molar-refractivity contribution >= 4 is 5.91 Å². The summed E-state index contributed by atoms with van der Waals surface area (Å²) >= 11 is 0. The van der Waals surface area contributed by atoms with Gasteiger partial charge in [0.05, 0.1) is 32.0 Å². The van der Waals surface area contributed by atoms with Crippen LogP contribution in [0.15, 0.2) is 12.2 Å². The first-order valence-electron chi connectivity index (χ1n) is 46.9. The number of allylic oxidation sites excluding steroid dienone is 1. The molecule has 2 saturated heterocycles. The van der Waals surface area contributed by atoms with Gasteiger partial charge in [-0.1, -0.05) is 463 Å². The molecule has 106 heavy (non-hydrogen) atoms. The lowest BCUT2D eigenvalue weighted by Gasteiger charge is -2.46. The van der Waals surface area contributed by atoms with Gasteiger partial charge in [-0.25, -0.2) is 0 Å². The molecule has 0 bridgehead atoms. The fourth-order valence-corrected chi connectivity index (χ4v) is 16.1. The zero-order valence-corrected chi connectivity index (χ0v) is 69.7. The van der Waals surface area contributed by atoms with Crippen molar-refractivity contribution in [3.8, 4) is 0 Å². The average Bonchev–Trinajstić information content (AvgIpc) is 0.790. The van der Waals surface area contributed by atoms with Crippen LogP contribution in [0.4, 0.5) is 0 Å². The number of rotatable bonds is 82. The molecule has 0 saturated carbocycles. The third kappa shape index (κ3) is 57.7. The number of carbonyl (C=O) groups is 1. The molecule has 0 aromatic rings. The summed E-state index contributed by atoms with van der Waals surface area (Å²) < 4.78 is 23.0. The average molecular weight is 1510 g/mol. The summed E-state index contributed by atoms with van der Waals surface area (Å²) in [5.74, 6) is -0.227. The highest BCUT2D eigenvalue weighted by atomic mass is 16.7. The lowest BCUT2D eigenvalue weighted by Crippen LogP contribution is -2.65. The molecular weight excluding hydrogens is 1330 g/mol. The van der Waals surface area contributed by atoms with Crippen LogP contribution in [0.5, 0.6) is 0 Å². The summed E-state index contributed by atoms with van der Waals surface area (Å²) in [6.45, 7) is 2.90. The van der Waals surface area contributed by atoms with Crippen LogP contribution in [-0.4, -0.2) is 140 Å². The fourth-order valence-electron chi connectivity index (χ4n) is 16.1. The van der Waals surface area contributed by atoms with E-state index in [-0.39, 0.29) is 18.9 Å². The van der Waals surface area contributed by atoms with Crippen molar-refractivity contribution in [2.45, 2.75) is 550 Å². The quantitative estimate of drug-likeness (QED) is 0.0204. The normalized spacial score (nSPS) is 21.2. The summed E-state index contributed by atoms with van der Waals surface area (Å²) in [4.78, 5) is 13.4. The minimum atomic E-state index is -1.79. The van der Waals surface area contributed by atoms with Gasteiger partial charge < -0.3 is 65.1 Å². The van der Waals surface area contributed by atoms with Gasteiger partial charge in [0.2, 0.25) is 5.91 Å². The monoisotopic (exact) mass is 1510 g/mol. The molecule has 0 radical (unpaired) electrons. The number of hydrogen-bond donors (Lipinski definition) is 9. The van der Waals surface area contributed by atoms with Crippen LogP contribution in [0.25, 0.3) is 0 Å². The summed E-state index contributed by atoms with van der Waals surface area (Å²) in [7, 11) is 0. The second-order valence-corrected chi connectivity index (χ2v) is 33.5. The molecular formula is C92H179NO13. The van der Waals surface area contributed by atoms with Crippen LogP contribution >= 0.6 is 0 Å². The molecule has 9 N–H and O–H groups in total. The SMILES string of the molecule is CCCCCCCCCCCCCCCCCCCCCCCCCCCCCCC/C=C/C(O)C(COC1OC(CO)C(OC2OC(CO)C(O)C(O)C2O)C(O)C1O)NC(=O)CCCCCCCCCCCCCCCCCCCCCCCCCCCCCCCCCCCCCCCCCCC. The maximum Gasteiger partial charge on any atom is 0.220 e. The summed E-state index contributed by atoms with van der Waals surface area (Å²) in [6.07, 6.45) is 83.6. The lowest BCUT2D eigenvalue weighted by molar-refractivity contribution is -0.359. The number of amides is 1. The molecule has 0 aliphatic carbocycles. The van der Waals surface area contributed by atoms with E-state index >= 15 is 0 Å². The summed E-state index contributed by atoms with van der Waals surface area (Å²) in [6, 6.07) is -0.913. The Hall–Kier alpha value is -1.27. The number of aliphatic hydroxyl groups excluding tert-OH is 8. The third-order valence-corrected chi connectivity index (χ3v) is 23.5. The highest BCUT2D eigenvalue weighted by Gasteiger charge is 2.51. The number of carbonyl (C=O) groups excluding carboxylic acids is 1. The number of unbranched alkanes of at least 4 members (excludes halogenated alkanes) is 69. The second-order valence-electron chi connectivity index (χ2n) is 33.5. The Bertz CT molecular complexity index is 1830. The van der Waals surface area contributed by atoms with E-state index in [0.29, 0.717) is 0 Å². The van der Waals surface area contributed by atoms with Crippen LogP contribution in [0, 0.1) is 0 Å². The van der Waals surface area contributed by atoms with Crippen molar-refractivity contribution in [2.75, 3.05) is 19.8 Å². The number of hydrogen-bond acceptors (Lipinski definition) is 13. The molecule has 14 heteroatoms. The molecule has 2 aliphatic heterocycles. The lowest BCUT2D eigenvalue weighted by atomic mass is 9.97. The van der Waals surface area contributed by atoms with Gasteiger partial charge in [-0.05, 0) is 19.3 Å². The van der Waals surface area contributed by atoms with Gasteiger partial charge in [-0.2, -0.15) is 0 Å². The molecule has 14 nitrogen and oxygen atoms in total. The molecule has 2 aliphatic rings. The third-order valence-electron chi connectivity index (χ3n) is 23.5. The Labute approximate surface area is 654 Å². The van der Waals surface area contributed by atoms with Crippen LogP contribution in [-0.2, 0) is 23.7 Å². The van der Waals surface area contributed by atoms with E-state index < -0.39 is 86.8 Å². The number of ether oxygens (including phenoxy) is 4. The van der Waals surface area contributed by atoms with Gasteiger partial charge >= 0.3 is 0 Å². The first-order chi connectivity index (χ1) is 52.1. The molecule has 2 heterocycles. The Balaban J connectivity index is 1.53. The Morgan fingerprint density at radius 1 is 0.330 bits per heavy atom. The molecule has 0 aromatic heterocycles. The van der Waals surface area contributed by atoms with Gasteiger partial charge in [0.15, 0.2) is 12.6 Å². The maximum atomic E-state index is 13.4. The van der Waals surface area contributed by atoms with E-state index in [1.807, 2.05) is 6.08 Å². The first kappa shape index (κ1) is 101. The predicted octanol–water partition coefficient (Wildman–Crippen LogP) is 23.2. The second kappa shape index (κ2) is 76.4. The van der Waals surface area contributed by atoms with Gasteiger partial charge in [0, 0.05) is 6.42 Å². The molecule has 0 spiro atoms. The minimum Gasteiger partial charge on any atom is -0.394 e. The molecule has 1 amide bonds. The van der Waals surface area contributed by atoms with Gasteiger partial charge in [0.25, 0.3) is 0 Å². The van der Waals surface area contributed by atoms with Crippen molar-refractivity contribution in [2.24, 2.45) is 0 Å². The summed E-state index contributed by atoms with van der Waals surface area (Å²) in [5, 5.41) is 87.9. The Kier molecular flexibility index (Phi) is 72.6. The topological polar surface area (TPSA) is 228 Å². The van der Waals surface area contributed by atoms with E-state index in [4.69, 9.17) is 18.9 Å². The number of nitrogens with one attached hydrogen (secondary N) is 1. The highest BCUT2D eigenvalue weighted by Crippen LogP contribution is 2.31. The Morgan fingerprint density at radius 3 is 0.868 bits per heavy atom. The molecule has 12 atom stereocenters. The van der Waals surface area contributed by atoms with Crippen molar-refractivity contribution < 1.29 is 64.6 Å². The number of aliphatic hydroxyl groups is 8. The first-order valence-corrected chi connectivity index (χ1v) is 46.9. The predicted molar refractivity (Wildman–Crippen MR) is 443 cm³/mol. The van der Waals surface area contributed by atoms with Crippen LogP contribution in [0.1, 0.15) is 476 Å². The smallest absolute Gasteiger partial charge is 0.220 e. The summed E-state index contributed by atoms with van der Waals surface area (Å²) in [5.41, 5.74) is 0. The Morgan fingerprint density at radius 2 is 0.585 bits per heavy atom. The molecule has 12 unspecified atom stereocenters. The van der Waals surface area contributed by atoms with Gasteiger partial charge in [-0.3, -0.25) is 4.79 Å². The van der Waals surface area contributed by atoms with Crippen LogP contribution in [0.3, 0.4) is 0 Å². The van der Waals surface area contributed by atoms with Crippen LogP contribution < -0.4 is 5.32 Å². The molecule has 630 valence electrons. The largest absolute Gasteiger partial charge is 0.394 e. The maximum absolute atomic E-state index is 13.4. The fraction of sp³-hybridized carbons (Fsp3) is 0.967. The van der Waals surface area contributed by atoms with E-state index in [0.717, 1.165) is 44.9 Å². The van der Waals surface area contributed by atoms with Crippen molar-refractivity contribution in [1.82, 2.24) is 5.32 Å². The van der Waals surface area contributed by atoms with E-state index in [1.54, 1.807) is 6.08 Å². The zero-order chi connectivity index (χ0) is 76.5. The molecule has 2 fully saturated rings. The van der Waals surface area contributed by atoms with Crippen molar-refractivity contribution in [3.63, 3.8) is 0 Å². The molecule has 2 rings (SSSR count). The highest BCUT2D eigenvalue weighted by molar-refractivity contribution is 5.76. The zero-order valence-electron chi connectivity index (χ0n) is 69.7.